The largest absolute Gasteiger partial charge is 0.453 e. The molecule has 1 aliphatic rings. The Labute approximate surface area is 240 Å². The van der Waals surface area contributed by atoms with Crippen molar-refractivity contribution in [3.8, 4) is 22.6 Å². The molecule has 0 saturated heterocycles. The average molecular weight is 599 g/mol. The lowest BCUT2D eigenvalue weighted by molar-refractivity contribution is -0.284. The fraction of sp³-hybridized carbons (Fsp3) is 0.296. The molecule has 0 spiro atoms. The molecule has 6 rings (SSSR count). The summed E-state index contributed by atoms with van der Waals surface area (Å²) in [6.45, 7) is 1.69. The number of hydrogen-bond acceptors (Lipinski definition) is 8. The number of aromatic nitrogens is 8. The summed E-state index contributed by atoms with van der Waals surface area (Å²) in [7, 11) is 3.33. The van der Waals surface area contributed by atoms with E-state index >= 15 is 0 Å². The van der Waals surface area contributed by atoms with Crippen molar-refractivity contribution in [2.75, 3.05) is 11.1 Å². The first kappa shape index (κ1) is 28.1. The van der Waals surface area contributed by atoms with Crippen molar-refractivity contribution in [1.82, 2.24) is 39.5 Å². The summed E-state index contributed by atoms with van der Waals surface area (Å²) in [6.07, 6.45) is -3.08. The highest BCUT2D eigenvalue weighted by Crippen LogP contribution is 2.45. The van der Waals surface area contributed by atoms with E-state index in [9.17, 15) is 26.7 Å². The van der Waals surface area contributed by atoms with Gasteiger partial charge in [-0.05, 0) is 18.1 Å². The minimum atomic E-state index is -5.71. The number of alkyl halides is 5. The lowest BCUT2D eigenvalue weighted by Gasteiger charge is -2.23. The molecule has 11 nitrogen and oxygen atoms in total. The fourth-order valence-electron chi connectivity index (χ4n) is 5.12. The lowest BCUT2D eigenvalue weighted by atomic mass is 9.77. The molecule has 0 radical (unpaired) electrons. The van der Waals surface area contributed by atoms with E-state index in [-0.39, 0.29) is 34.6 Å². The minimum Gasteiger partial charge on any atom is -0.383 e. The Morgan fingerprint density at radius 1 is 0.953 bits per heavy atom. The van der Waals surface area contributed by atoms with Gasteiger partial charge in [-0.1, -0.05) is 24.3 Å². The number of nitrogen functional groups attached to an aromatic ring is 1. The van der Waals surface area contributed by atoms with Crippen LogP contribution in [-0.4, -0.2) is 57.5 Å². The average Bonchev–Trinajstić information content (AvgIpc) is 3.62. The van der Waals surface area contributed by atoms with Crippen LogP contribution < -0.4 is 11.1 Å². The van der Waals surface area contributed by atoms with E-state index in [0.29, 0.717) is 16.5 Å². The van der Waals surface area contributed by atoms with Crippen molar-refractivity contribution in [2.24, 2.45) is 14.1 Å². The number of fused-ring (bicyclic) bond motifs is 2. The molecule has 5 heterocycles. The van der Waals surface area contributed by atoms with E-state index in [1.54, 1.807) is 29.9 Å². The summed E-state index contributed by atoms with van der Waals surface area (Å²) in [5.74, 6) is -5.64. The van der Waals surface area contributed by atoms with Gasteiger partial charge in [-0.25, -0.2) is 19.9 Å². The Kier molecular flexibility index (Phi) is 6.21. The van der Waals surface area contributed by atoms with Gasteiger partial charge < -0.3 is 11.1 Å². The summed E-state index contributed by atoms with van der Waals surface area (Å²) in [4.78, 5) is 30.6. The Morgan fingerprint density at radius 3 is 2.33 bits per heavy atom. The standard InChI is InChI=1S/C27H23F5N10O/c1-25(15-6-4-13(5-7-15)14-10-34-41(2)12-14)18-20(33)38-22(39-21(18)40-24(25)43)19-16-11-35-42(3)23(16)37-17(36-19)8-9-26(28,29)27(30,31)32/h4-7,10-12H,8-9H2,1-3H3,(H3,33,38,39,40,43). The van der Waals surface area contributed by atoms with Gasteiger partial charge in [0.25, 0.3) is 0 Å². The smallest absolute Gasteiger partial charge is 0.383 e. The third-order valence-corrected chi connectivity index (χ3v) is 7.55. The van der Waals surface area contributed by atoms with Crippen LogP contribution in [0.1, 0.15) is 30.3 Å². The summed E-state index contributed by atoms with van der Waals surface area (Å²) in [5, 5.41) is 11.3. The van der Waals surface area contributed by atoms with E-state index in [1.807, 2.05) is 25.4 Å². The molecule has 16 heteroatoms. The Morgan fingerprint density at radius 2 is 1.67 bits per heavy atom. The number of aryl methyl sites for hydroxylation is 3. The molecule has 43 heavy (non-hydrogen) atoms. The predicted octanol–water partition coefficient (Wildman–Crippen LogP) is 4.19. The Balaban J connectivity index is 1.40. The Bertz CT molecular complexity index is 1900. The van der Waals surface area contributed by atoms with Crippen molar-refractivity contribution in [3.05, 3.63) is 59.8 Å². The second-order valence-corrected chi connectivity index (χ2v) is 10.4. The summed E-state index contributed by atoms with van der Waals surface area (Å²) in [5.41, 5.74) is 8.10. The molecule has 5 aromatic rings. The summed E-state index contributed by atoms with van der Waals surface area (Å²) < 4.78 is 68.6. The zero-order valence-electron chi connectivity index (χ0n) is 22.9. The van der Waals surface area contributed by atoms with Gasteiger partial charge in [0.2, 0.25) is 5.91 Å². The van der Waals surface area contributed by atoms with Gasteiger partial charge in [0.1, 0.15) is 28.6 Å². The van der Waals surface area contributed by atoms with Gasteiger partial charge in [-0.2, -0.15) is 32.1 Å². The van der Waals surface area contributed by atoms with Crippen LogP contribution in [0.15, 0.2) is 42.9 Å². The molecule has 0 saturated carbocycles. The number of halogens is 5. The third kappa shape index (κ3) is 4.53. The number of hydrogen-bond donors (Lipinski definition) is 2. The number of carbonyl (C=O) groups is 1. The highest BCUT2D eigenvalue weighted by atomic mass is 19.4. The number of nitrogens with zero attached hydrogens (tertiary/aromatic N) is 8. The molecular formula is C27H23F5N10O. The zero-order chi connectivity index (χ0) is 30.9. The van der Waals surface area contributed by atoms with Crippen LogP contribution in [0.5, 0.6) is 0 Å². The van der Waals surface area contributed by atoms with Crippen LogP contribution in [0.4, 0.5) is 33.6 Å². The van der Waals surface area contributed by atoms with Crippen molar-refractivity contribution >= 4 is 28.6 Å². The molecule has 1 aliphatic heterocycles. The molecular weight excluding hydrogens is 575 g/mol. The first-order valence-electron chi connectivity index (χ1n) is 12.9. The van der Waals surface area contributed by atoms with Crippen LogP contribution in [0.2, 0.25) is 0 Å². The number of nitrogens with two attached hydrogens (primary N) is 1. The molecule has 1 amide bonds. The van der Waals surface area contributed by atoms with E-state index in [0.717, 1.165) is 11.1 Å². The van der Waals surface area contributed by atoms with Crippen molar-refractivity contribution in [3.63, 3.8) is 0 Å². The second kappa shape index (κ2) is 9.50. The number of carbonyl (C=O) groups excluding carboxylic acids is 1. The van der Waals surface area contributed by atoms with Crippen LogP contribution in [0.25, 0.3) is 33.7 Å². The number of nitrogens with one attached hydrogen (secondary N) is 1. The van der Waals surface area contributed by atoms with Crippen molar-refractivity contribution in [2.45, 2.75) is 37.3 Å². The molecule has 3 N–H and O–H groups in total. The van der Waals surface area contributed by atoms with Gasteiger partial charge in [0, 0.05) is 38.7 Å². The maximum Gasteiger partial charge on any atom is 0.453 e. The van der Waals surface area contributed by atoms with E-state index < -0.39 is 36.3 Å². The second-order valence-electron chi connectivity index (χ2n) is 10.4. The Hall–Kier alpha value is -5.02. The maximum absolute atomic E-state index is 13.7. The first-order chi connectivity index (χ1) is 20.2. The van der Waals surface area contributed by atoms with Crippen LogP contribution >= 0.6 is 0 Å². The number of anilines is 2. The normalized spacial score (nSPS) is 17.0. The topological polar surface area (TPSA) is 142 Å². The van der Waals surface area contributed by atoms with Gasteiger partial charge >= 0.3 is 12.1 Å². The summed E-state index contributed by atoms with van der Waals surface area (Å²) >= 11 is 0. The van der Waals surface area contributed by atoms with Crippen LogP contribution in [0.3, 0.4) is 0 Å². The van der Waals surface area contributed by atoms with Crippen LogP contribution in [0, 0.1) is 0 Å². The highest BCUT2D eigenvalue weighted by molar-refractivity contribution is 6.09. The van der Waals surface area contributed by atoms with Gasteiger partial charge in [-0.15, -0.1) is 0 Å². The molecule has 0 bridgehead atoms. The van der Waals surface area contributed by atoms with Gasteiger partial charge in [0.15, 0.2) is 11.5 Å². The number of amides is 1. The van der Waals surface area contributed by atoms with E-state index in [1.165, 1.54) is 17.9 Å². The first-order valence-corrected chi connectivity index (χ1v) is 12.9. The molecule has 1 unspecified atom stereocenters. The number of rotatable bonds is 6. The van der Waals surface area contributed by atoms with Gasteiger partial charge in [0.05, 0.1) is 23.3 Å². The number of benzene rings is 1. The molecule has 0 fully saturated rings. The zero-order valence-corrected chi connectivity index (χ0v) is 22.9. The third-order valence-electron chi connectivity index (χ3n) is 7.55. The molecule has 0 aliphatic carbocycles. The summed E-state index contributed by atoms with van der Waals surface area (Å²) in [6, 6.07) is 7.32. The minimum absolute atomic E-state index is 0.0154. The fourth-order valence-corrected chi connectivity index (χ4v) is 5.12. The highest BCUT2D eigenvalue weighted by Gasteiger charge is 2.56. The lowest BCUT2D eigenvalue weighted by Crippen LogP contribution is -2.36. The van der Waals surface area contributed by atoms with E-state index in [4.69, 9.17) is 5.73 Å². The maximum atomic E-state index is 13.7. The monoisotopic (exact) mass is 598 g/mol. The molecule has 1 aromatic carbocycles. The molecule has 1 atom stereocenters. The molecule has 222 valence electrons. The quantitative estimate of drug-likeness (QED) is 0.277. The van der Waals surface area contributed by atoms with E-state index in [2.05, 4.69) is 35.5 Å². The van der Waals surface area contributed by atoms with Crippen molar-refractivity contribution in [1.29, 1.82) is 0 Å². The van der Waals surface area contributed by atoms with Crippen LogP contribution in [-0.2, 0) is 30.7 Å². The predicted molar refractivity (Wildman–Crippen MR) is 145 cm³/mol. The van der Waals surface area contributed by atoms with Gasteiger partial charge in [-0.3, -0.25) is 14.2 Å². The molecule has 4 aromatic heterocycles. The van der Waals surface area contributed by atoms with Crippen molar-refractivity contribution < 1.29 is 26.7 Å². The SMILES string of the molecule is Cn1cc(-c2ccc(C3(C)C(=O)Nc4nc(-c5nc(CCC(F)(F)C(F)(F)F)nc6c5cnn6C)nc(N)c43)cc2)cn1.